The van der Waals surface area contributed by atoms with Gasteiger partial charge in [0.05, 0.1) is 18.4 Å². The fourth-order valence-electron chi connectivity index (χ4n) is 0.961. The standard InChI is InChI=1S/C11H18F4O2/c1-4-10(2,3)9(16)17-6-5-11(14,15)7-8(12)13/h8H,4-7H2,1-3H3. The summed E-state index contributed by atoms with van der Waals surface area (Å²) in [6.07, 6.45) is -4.92. The first-order valence-electron chi connectivity index (χ1n) is 5.44. The molecular weight excluding hydrogens is 240 g/mol. The lowest BCUT2D eigenvalue weighted by Gasteiger charge is -2.21. The van der Waals surface area contributed by atoms with E-state index in [-0.39, 0.29) is 0 Å². The highest BCUT2D eigenvalue weighted by Gasteiger charge is 2.34. The fourth-order valence-corrected chi connectivity index (χ4v) is 0.961. The summed E-state index contributed by atoms with van der Waals surface area (Å²) >= 11 is 0. The van der Waals surface area contributed by atoms with Gasteiger partial charge in [0, 0.05) is 6.42 Å². The molecule has 0 atom stereocenters. The predicted octanol–water partition coefficient (Wildman–Crippen LogP) is 3.65. The number of ether oxygens (including phenoxy) is 1. The molecule has 102 valence electrons. The van der Waals surface area contributed by atoms with Gasteiger partial charge in [0.15, 0.2) is 0 Å². The molecule has 0 saturated carbocycles. The maximum atomic E-state index is 12.8. The van der Waals surface area contributed by atoms with Crippen molar-refractivity contribution in [3.8, 4) is 0 Å². The molecule has 17 heavy (non-hydrogen) atoms. The van der Waals surface area contributed by atoms with Crippen LogP contribution in [0.2, 0.25) is 0 Å². The molecule has 0 fully saturated rings. The molecule has 2 nitrogen and oxygen atoms in total. The lowest BCUT2D eigenvalue weighted by atomic mass is 9.91. The molecule has 0 aromatic rings. The highest BCUT2D eigenvalue weighted by Crippen LogP contribution is 2.27. The second-order valence-corrected chi connectivity index (χ2v) is 4.57. The molecule has 0 aromatic heterocycles. The van der Waals surface area contributed by atoms with Gasteiger partial charge in [-0.1, -0.05) is 6.92 Å². The molecule has 0 spiro atoms. The minimum atomic E-state index is -3.50. The van der Waals surface area contributed by atoms with Crippen LogP contribution in [0.25, 0.3) is 0 Å². The van der Waals surface area contributed by atoms with E-state index < -0.39 is 43.2 Å². The number of alkyl halides is 4. The smallest absolute Gasteiger partial charge is 0.311 e. The normalized spacial score (nSPS) is 12.9. The van der Waals surface area contributed by atoms with Crippen molar-refractivity contribution in [1.82, 2.24) is 0 Å². The number of halogens is 4. The Morgan fingerprint density at radius 3 is 2.24 bits per heavy atom. The Labute approximate surface area is 98.3 Å². The molecule has 0 aromatic carbocycles. The summed E-state index contributed by atoms with van der Waals surface area (Å²) in [7, 11) is 0. The third-order valence-electron chi connectivity index (χ3n) is 2.59. The molecule has 0 saturated heterocycles. The minimum Gasteiger partial charge on any atom is -0.465 e. The number of carbonyl (C=O) groups excluding carboxylic acids is 1. The summed E-state index contributed by atoms with van der Waals surface area (Å²) < 4.78 is 53.9. The van der Waals surface area contributed by atoms with Gasteiger partial charge >= 0.3 is 5.97 Å². The van der Waals surface area contributed by atoms with Gasteiger partial charge in [0.2, 0.25) is 6.43 Å². The molecule has 0 unspecified atom stereocenters. The first-order valence-corrected chi connectivity index (χ1v) is 5.44. The average Bonchev–Trinajstić information content (AvgIpc) is 2.15. The van der Waals surface area contributed by atoms with E-state index in [1.54, 1.807) is 20.8 Å². The van der Waals surface area contributed by atoms with E-state index in [0.29, 0.717) is 6.42 Å². The summed E-state index contributed by atoms with van der Waals surface area (Å²) in [6.45, 7) is 4.49. The highest BCUT2D eigenvalue weighted by molar-refractivity contribution is 5.75. The number of esters is 1. The lowest BCUT2D eigenvalue weighted by molar-refractivity contribution is -0.157. The monoisotopic (exact) mass is 258 g/mol. The molecule has 0 radical (unpaired) electrons. The van der Waals surface area contributed by atoms with Gasteiger partial charge in [-0.2, -0.15) is 0 Å². The molecule has 0 bridgehead atoms. The van der Waals surface area contributed by atoms with Crippen LogP contribution < -0.4 is 0 Å². The van der Waals surface area contributed by atoms with Crippen LogP contribution in [-0.2, 0) is 9.53 Å². The van der Waals surface area contributed by atoms with E-state index >= 15 is 0 Å². The zero-order valence-electron chi connectivity index (χ0n) is 10.2. The average molecular weight is 258 g/mol. The van der Waals surface area contributed by atoms with Crippen molar-refractivity contribution in [1.29, 1.82) is 0 Å². The number of hydrogen-bond donors (Lipinski definition) is 0. The van der Waals surface area contributed by atoms with Crippen molar-refractivity contribution in [3.63, 3.8) is 0 Å². The van der Waals surface area contributed by atoms with Gasteiger partial charge in [0.25, 0.3) is 5.92 Å². The molecule has 0 amide bonds. The Bertz CT molecular complexity index is 252. The number of rotatable bonds is 7. The SMILES string of the molecule is CCC(C)(C)C(=O)OCCC(F)(F)CC(F)F. The summed E-state index contributed by atoms with van der Waals surface area (Å²) in [5.74, 6) is -4.09. The van der Waals surface area contributed by atoms with E-state index in [2.05, 4.69) is 4.74 Å². The molecule has 6 heteroatoms. The molecule has 0 aliphatic heterocycles. The van der Waals surface area contributed by atoms with E-state index in [9.17, 15) is 22.4 Å². The maximum Gasteiger partial charge on any atom is 0.311 e. The lowest BCUT2D eigenvalue weighted by Crippen LogP contribution is -2.28. The predicted molar refractivity (Wildman–Crippen MR) is 55.2 cm³/mol. The van der Waals surface area contributed by atoms with Crippen molar-refractivity contribution >= 4 is 5.97 Å². The number of carbonyl (C=O) groups is 1. The minimum absolute atomic E-state index is 0.513. The second kappa shape index (κ2) is 6.21. The first kappa shape index (κ1) is 16.2. The topological polar surface area (TPSA) is 26.3 Å². The van der Waals surface area contributed by atoms with E-state index in [0.717, 1.165) is 0 Å². The van der Waals surface area contributed by atoms with E-state index in [1.165, 1.54) is 0 Å². The maximum absolute atomic E-state index is 12.8. The van der Waals surface area contributed by atoms with Gasteiger partial charge in [-0.05, 0) is 20.3 Å². The number of hydrogen-bond acceptors (Lipinski definition) is 2. The fraction of sp³-hybridized carbons (Fsp3) is 0.909. The van der Waals surface area contributed by atoms with Crippen LogP contribution >= 0.6 is 0 Å². The van der Waals surface area contributed by atoms with Gasteiger partial charge < -0.3 is 4.74 Å². The molecule has 0 aliphatic rings. The van der Waals surface area contributed by atoms with Gasteiger partial charge in [-0.15, -0.1) is 0 Å². The highest BCUT2D eigenvalue weighted by atomic mass is 19.3. The Morgan fingerprint density at radius 2 is 1.82 bits per heavy atom. The largest absolute Gasteiger partial charge is 0.465 e. The summed E-state index contributed by atoms with van der Waals surface area (Å²) in [5, 5.41) is 0. The van der Waals surface area contributed by atoms with Crippen LogP contribution in [0.4, 0.5) is 17.6 Å². The molecular formula is C11H18F4O2. The van der Waals surface area contributed by atoms with Crippen LogP contribution in [-0.4, -0.2) is 24.9 Å². The Morgan fingerprint density at radius 1 is 1.29 bits per heavy atom. The molecule has 0 aliphatic carbocycles. The van der Waals surface area contributed by atoms with Crippen molar-refractivity contribution in [2.75, 3.05) is 6.61 Å². The molecule has 0 N–H and O–H groups in total. The molecule has 0 heterocycles. The third-order valence-corrected chi connectivity index (χ3v) is 2.59. The zero-order chi connectivity index (χ0) is 13.7. The van der Waals surface area contributed by atoms with Crippen LogP contribution in [0.15, 0.2) is 0 Å². The van der Waals surface area contributed by atoms with Gasteiger partial charge in [-0.3, -0.25) is 4.79 Å². The first-order chi connectivity index (χ1) is 7.60. The van der Waals surface area contributed by atoms with Crippen LogP contribution in [0.1, 0.15) is 40.0 Å². The van der Waals surface area contributed by atoms with E-state index in [4.69, 9.17) is 0 Å². The van der Waals surface area contributed by atoms with Crippen molar-refractivity contribution in [3.05, 3.63) is 0 Å². The zero-order valence-corrected chi connectivity index (χ0v) is 10.2. The third kappa shape index (κ3) is 6.48. The summed E-state index contributed by atoms with van der Waals surface area (Å²) in [5.41, 5.74) is -0.738. The van der Waals surface area contributed by atoms with Crippen LogP contribution in [0, 0.1) is 5.41 Å². The van der Waals surface area contributed by atoms with Crippen molar-refractivity contribution < 1.29 is 27.1 Å². The van der Waals surface area contributed by atoms with Gasteiger partial charge in [0.1, 0.15) is 0 Å². The van der Waals surface area contributed by atoms with Crippen LogP contribution in [0.3, 0.4) is 0 Å². The summed E-state index contributed by atoms with van der Waals surface area (Å²) in [4.78, 5) is 11.4. The Balaban J connectivity index is 4.03. The van der Waals surface area contributed by atoms with Gasteiger partial charge in [-0.25, -0.2) is 17.6 Å². The van der Waals surface area contributed by atoms with Crippen molar-refractivity contribution in [2.45, 2.75) is 52.4 Å². The Kier molecular flexibility index (Phi) is 5.92. The van der Waals surface area contributed by atoms with E-state index in [1.807, 2.05) is 0 Å². The Hall–Kier alpha value is -0.810. The molecule has 0 rings (SSSR count). The quantitative estimate of drug-likeness (QED) is 0.514. The van der Waals surface area contributed by atoms with Crippen LogP contribution in [0.5, 0.6) is 0 Å². The summed E-state index contributed by atoms with van der Waals surface area (Å²) in [6, 6.07) is 0. The van der Waals surface area contributed by atoms with Crippen molar-refractivity contribution in [2.24, 2.45) is 5.41 Å². The second-order valence-electron chi connectivity index (χ2n) is 4.57.